The molecule has 3 atom stereocenters. The minimum absolute atomic E-state index is 0. The van der Waals surface area contributed by atoms with Crippen LogP contribution in [0.25, 0.3) is 22.0 Å². The molecule has 1 aromatic heterocycles. The maximum absolute atomic E-state index is 9.52. The average molecular weight is 597 g/mol. The summed E-state index contributed by atoms with van der Waals surface area (Å²) in [6.45, 7) is 4.18. The van der Waals surface area contributed by atoms with Crippen molar-refractivity contribution in [2.24, 2.45) is 11.8 Å². The van der Waals surface area contributed by atoms with E-state index in [-0.39, 0.29) is 26.2 Å². The first-order chi connectivity index (χ1) is 14.6. The SMILES string of the molecule is CO.Cc1[c-]c(-c2nccc3ccccc23)cc(C)c1.OC1CCC2CCCCC12.[Ir]. The van der Waals surface area contributed by atoms with Gasteiger partial charge < -0.3 is 15.2 Å². The fraction of sp³-hybridized carbons (Fsp3) is 0.444. The number of nitrogens with zero attached hydrogens (tertiary/aromatic N) is 1. The van der Waals surface area contributed by atoms with Gasteiger partial charge in [-0.2, -0.15) is 0 Å². The van der Waals surface area contributed by atoms with Crippen LogP contribution in [0.5, 0.6) is 0 Å². The summed E-state index contributed by atoms with van der Waals surface area (Å²) in [6.07, 6.45) is 9.76. The zero-order valence-electron chi connectivity index (χ0n) is 18.8. The van der Waals surface area contributed by atoms with E-state index in [1.807, 2.05) is 12.3 Å². The first-order valence-electron chi connectivity index (χ1n) is 11.1. The Morgan fingerprint density at radius 3 is 2.42 bits per heavy atom. The third kappa shape index (κ3) is 6.46. The molecule has 2 aliphatic rings. The number of aliphatic hydroxyl groups excluding tert-OH is 2. The molecule has 169 valence electrons. The van der Waals surface area contributed by atoms with Gasteiger partial charge in [0.15, 0.2) is 0 Å². The zero-order valence-corrected chi connectivity index (χ0v) is 21.2. The molecule has 0 amide bonds. The van der Waals surface area contributed by atoms with Gasteiger partial charge in [0.05, 0.1) is 6.10 Å². The molecule has 0 aliphatic heterocycles. The van der Waals surface area contributed by atoms with E-state index in [0.717, 1.165) is 36.3 Å². The van der Waals surface area contributed by atoms with Crippen LogP contribution in [0.3, 0.4) is 0 Å². The summed E-state index contributed by atoms with van der Waals surface area (Å²) in [5.41, 5.74) is 4.49. The number of hydrogen-bond acceptors (Lipinski definition) is 3. The number of aromatic nitrogens is 1. The maximum Gasteiger partial charge on any atom is 0.0571 e. The van der Waals surface area contributed by atoms with Crippen LogP contribution in [0.4, 0.5) is 0 Å². The molecule has 4 heteroatoms. The molecule has 2 N–H and O–H groups in total. The van der Waals surface area contributed by atoms with E-state index < -0.39 is 0 Å². The Morgan fingerprint density at radius 1 is 0.935 bits per heavy atom. The molecule has 3 nitrogen and oxygen atoms in total. The van der Waals surface area contributed by atoms with Crippen molar-refractivity contribution in [3.05, 3.63) is 65.9 Å². The molecule has 2 fully saturated rings. The predicted octanol–water partition coefficient (Wildman–Crippen LogP) is 5.87. The molecule has 0 spiro atoms. The Kier molecular flexibility index (Phi) is 10.3. The molecular weight excluding hydrogens is 563 g/mol. The number of aryl methyl sites for hydroxylation is 2. The van der Waals surface area contributed by atoms with Gasteiger partial charge in [0.2, 0.25) is 0 Å². The van der Waals surface area contributed by atoms with Gasteiger partial charge in [-0.05, 0) is 53.6 Å². The topological polar surface area (TPSA) is 53.4 Å². The standard InChI is InChI=1S/C17H14N.C9H16O.CH4O.Ir/c1-12-9-13(2)11-15(10-12)17-16-6-4-3-5-14(16)7-8-18-17;10-9-6-5-7-3-1-2-4-8(7)9;1-2;/h3-10H,1-2H3;7-10H,1-6H2;2H,1H3;/q-1;;;. The van der Waals surface area contributed by atoms with E-state index in [0.29, 0.717) is 5.92 Å². The number of pyridine rings is 1. The Bertz CT molecular complexity index is 931. The fourth-order valence-electron chi connectivity index (χ4n) is 5.06. The Labute approximate surface area is 200 Å². The van der Waals surface area contributed by atoms with Gasteiger partial charge in [-0.1, -0.05) is 57.4 Å². The van der Waals surface area contributed by atoms with Gasteiger partial charge in [-0.25, -0.2) is 0 Å². The van der Waals surface area contributed by atoms with Crippen LogP contribution in [0, 0.1) is 31.7 Å². The third-order valence-corrected chi connectivity index (χ3v) is 6.37. The number of hydrogen-bond donors (Lipinski definition) is 2. The number of benzene rings is 2. The maximum atomic E-state index is 9.52. The van der Waals surface area contributed by atoms with Crippen molar-refractivity contribution in [3.63, 3.8) is 0 Å². The summed E-state index contributed by atoms with van der Waals surface area (Å²) in [7, 11) is 1.00. The predicted molar refractivity (Wildman–Crippen MR) is 124 cm³/mol. The van der Waals surface area contributed by atoms with Crippen molar-refractivity contribution < 1.29 is 30.3 Å². The monoisotopic (exact) mass is 597 g/mol. The largest absolute Gasteiger partial charge is 0.400 e. The van der Waals surface area contributed by atoms with Gasteiger partial charge in [-0.3, -0.25) is 0 Å². The van der Waals surface area contributed by atoms with E-state index in [4.69, 9.17) is 5.11 Å². The second-order valence-corrected chi connectivity index (χ2v) is 8.49. The minimum atomic E-state index is 0. The molecular formula is C27H34IrNO2-. The van der Waals surface area contributed by atoms with Gasteiger partial charge in [0.25, 0.3) is 0 Å². The first kappa shape index (κ1) is 25.7. The third-order valence-electron chi connectivity index (χ3n) is 6.37. The summed E-state index contributed by atoms with van der Waals surface area (Å²) in [5.74, 6) is 1.58. The van der Waals surface area contributed by atoms with Gasteiger partial charge in [0.1, 0.15) is 0 Å². The van der Waals surface area contributed by atoms with Gasteiger partial charge in [0, 0.05) is 33.4 Å². The van der Waals surface area contributed by atoms with Crippen LogP contribution in [0.15, 0.2) is 48.7 Å². The summed E-state index contributed by atoms with van der Waals surface area (Å²) >= 11 is 0. The fourth-order valence-corrected chi connectivity index (χ4v) is 5.06. The van der Waals surface area contributed by atoms with Crippen molar-refractivity contribution in [1.82, 2.24) is 4.98 Å². The van der Waals surface area contributed by atoms with Crippen LogP contribution in [-0.4, -0.2) is 28.4 Å². The summed E-state index contributed by atoms with van der Waals surface area (Å²) in [6, 6.07) is 18.0. The molecule has 0 saturated heterocycles. The molecule has 3 aromatic rings. The second-order valence-electron chi connectivity index (χ2n) is 8.49. The average Bonchev–Trinajstić information content (AvgIpc) is 3.16. The molecule has 1 heterocycles. The molecule has 2 aliphatic carbocycles. The first-order valence-corrected chi connectivity index (χ1v) is 11.1. The smallest absolute Gasteiger partial charge is 0.0571 e. The van der Waals surface area contributed by atoms with Crippen molar-refractivity contribution in [3.8, 4) is 11.3 Å². The van der Waals surface area contributed by atoms with E-state index in [1.54, 1.807) is 0 Å². The van der Waals surface area contributed by atoms with Crippen LogP contribution in [0.1, 0.15) is 49.7 Å². The molecule has 1 radical (unpaired) electrons. The molecule has 0 bridgehead atoms. The van der Waals surface area contributed by atoms with Gasteiger partial charge >= 0.3 is 0 Å². The van der Waals surface area contributed by atoms with E-state index in [9.17, 15) is 5.11 Å². The van der Waals surface area contributed by atoms with Crippen molar-refractivity contribution in [1.29, 1.82) is 0 Å². The van der Waals surface area contributed by atoms with Crippen LogP contribution in [-0.2, 0) is 20.1 Å². The Hall–Kier alpha value is -1.58. The Morgan fingerprint density at radius 2 is 1.68 bits per heavy atom. The molecule has 31 heavy (non-hydrogen) atoms. The quantitative estimate of drug-likeness (QED) is 0.346. The summed E-state index contributed by atoms with van der Waals surface area (Å²) in [4.78, 5) is 4.53. The second kappa shape index (κ2) is 12.5. The van der Waals surface area contributed by atoms with Gasteiger partial charge in [-0.15, -0.1) is 34.9 Å². The van der Waals surface area contributed by atoms with Crippen molar-refractivity contribution in [2.45, 2.75) is 58.5 Å². The number of aliphatic hydroxyl groups is 2. The van der Waals surface area contributed by atoms with Crippen LogP contribution >= 0.6 is 0 Å². The number of fused-ring (bicyclic) bond motifs is 2. The number of rotatable bonds is 1. The van der Waals surface area contributed by atoms with Crippen molar-refractivity contribution in [2.75, 3.05) is 7.11 Å². The van der Waals surface area contributed by atoms with E-state index >= 15 is 0 Å². The minimum Gasteiger partial charge on any atom is -0.400 e. The molecule has 5 rings (SSSR count). The summed E-state index contributed by atoms with van der Waals surface area (Å²) in [5, 5.41) is 18.9. The molecule has 2 saturated carbocycles. The molecule has 2 aromatic carbocycles. The Balaban J connectivity index is 0.000000224. The van der Waals surface area contributed by atoms with Crippen LogP contribution in [0.2, 0.25) is 0 Å². The summed E-state index contributed by atoms with van der Waals surface area (Å²) < 4.78 is 0. The van der Waals surface area contributed by atoms with Crippen molar-refractivity contribution >= 4 is 10.8 Å². The van der Waals surface area contributed by atoms with Crippen LogP contribution < -0.4 is 0 Å². The van der Waals surface area contributed by atoms with E-state index in [1.165, 1.54) is 48.4 Å². The normalized spacial score (nSPS) is 21.6. The van der Waals surface area contributed by atoms with E-state index in [2.05, 4.69) is 61.3 Å². The zero-order chi connectivity index (χ0) is 21.5. The molecule has 3 unspecified atom stereocenters.